The fraction of sp³-hybridized carbons (Fsp3) is 0.409. The number of methoxy groups -OCH3 is 1. The molecular formula is C22H27N3O2. The number of likely N-dealkylation sites (tertiary alicyclic amines) is 1. The first-order valence-corrected chi connectivity index (χ1v) is 9.78. The van der Waals surface area contributed by atoms with Gasteiger partial charge in [0.2, 0.25) is 0 Å². The van der Waals surface area contributed by atoms with Crippen LogP contribution in [0.3, 0.4) is 0 Å². The second-order valence-electron chi connectivity index (χ2n) is 7.07. The van der Waals surface area contributed by atoms with Gasteiger partial charge in [0.1, 0.15) is 0 Å². The monoisotopic (exact) mass is 365 g/mol. The Hall–Kier alpha value is -2.53. The molecule has 27 heavy (non-hydrogen) atoms. The van der Waals surface area contributed by atoms with Crippen molar-refractivity contribution in [2.24, 2.45) is 0 Å². The molecule has 1 aromatic carbocycles. The fourth-order valence-corrected chi connectivity index (χ4v) is 3.76. The highest BCUT2D eigenvalue weighted by atomic mass is 16.5. The van der Waals surface area contributed by atoms with Crippen molar-refractivity contribution in [3.8, 4) is 11.5 Å². The third-order valence-electron chi connectivity index (χ3n) is 5.19. The second kappa shape index (κ2) is 8.44. The maximum atomic E-state index is 6.04. The van der Waals surface area contributed by atoms with Gasteiger partial charge in [0.15, 0.2) is 11.5 Å². The number of pyridine rings is 1. The van der Waals surface area contributed by atoms with Crippen molar-refractivity contribution < 1.29 is 9.47 Å². The minimum Gasteiger partial charge on any atom is -0.493 e. The number of ether oxygens (including phenoxy) is 2. The van der Waals surface area contributed by atoms with Gasteiger partial charge in [-0.2, -0.15) is 0 Å². The predicted octanol–water partition coefficient (Wildman–Crippen LogP) is 4.27. The molecule has 4 rings (SSSR count). The standard InChI is InChI=1S/C22H27N3O2/c1-26-21-9-8-17(24-20-10-11-23-19-7-4-6-18(19)20)16-22(21)27-15-5-14-25-12-2-3-13-25/h4,6,8-11,16H,2-3,5,7,12-15H2,1H3,(H,23,24). The summed E-state index contributed by atoms with van der Waals surface area (Å²) >= 11 is 0. The summed E-state index contributed by atoms with van der Waals surface area (Å²) in [4.78, 5) is 6.95. The van der Waals surface area contributed by atoms with Crippen LogP contribution in [-0.2, 0) is 6.42 Å². The Labute approximate surface area is 161 Å². The quantitative estimate of drug-likeness (QED) is 0.708. The molecule has 0 radical (unpaired) electrons. The zero-order chi connectivity index (χ0) is 18.5. The van der Waals surface area contributed by atoms with Crippen LogP contribution in [0.25, 0.3) is 6.08 Å². The lowest BCUT2D eigenvalue weighted by Crippen LogP contribution is -2.21. The van der Waals surface area contributed by atoms with Crippen molar-refractivity contribution in [2.75, 3.05) is 38.7 Å². The van der Waals surface area contributed by atoms with Crippen LogP contribution >= 0.6 is 0 Å². The van der Waals surface area contributed by atoms with E-state index in [1.807, 2.05) is 30.5 Å². The van der Waals surface area contributed by atoms with Crippen LogP contribution in [0.4, 0.5) is 11.4 Å². The highest BCUT2D eigenvalue weighted by Crippen LogP contribution is 2.33. The summed E-state index contributed by atoms with van der Waals surface area (Å²) in [5.41, 5.74) is 4.34. The van der Waals surface area contributed by atoms with E-state index in [1.165, 1.54) is 31.5 Å². The SMILES string of the molecule is COc1ccc(Nc2ccnc3c2C=CC3)cc1OCCCN1CCCC1. The van der Waals surface area contributed by atoms with Gasteiger partial charge in [-0.15, -0.1) is 0 Å². The lowest BCUT2D eigenvalue weighted by molar-refractivity contribution is 0.254. The summed E-state index contributed by atoms with van der Waals surface area (Å²) in [5.74, 6) is 1.55. The highest BCUT2D eigenvalue weighted by molar-refractivity contribution is 5.76. The third-order valence-corrected chi connectivity index (χ3v) is 5.19. The van der Waals surface area contributed by atoms with Crippen molar-refractivity contribution >= 4 is 17.5 Å². The van der Waals surface area contributed by atoms with Crippen molar-refractivity contribution in [1.29, 1.82) is 0 Å². The van der Waals surface area contributed by atoms with Gasteiger partial charge < -0.3 is 19.7 Å². The Morgan fingerprint density at radius 3 is 2.89 bits per heavy atom. The Morgan fingerprint density at radius 2 is 2.04 bits per heavy atom. The summed E-state index contributed by atoms with van der Waals surface area (Å²) in [7, 11) is 1.68. The van der Waals surface area contributed by atoms with Crippen LogP contribution in [0.5, 0.6) is 11.5 Å². The van der Waals surface area contributed by atoms with Crippen molar-refractivity contribution in [2.45, 2.75) is 25.7 Å². The molecule has 142 valence electrons. The summed E-state index contributed by atoms with van der Waals surface area (Å²) in [6.07, 6.45) is 10.7. The molecule has 5 nitrogen and oxygen atoms in total. The van der Waals surface area contributed by atoms with Crippen LogP contribution in [-0.4, -0.2) is 43.2 Å². The molecule has 0 saturated carbocycles. The molecule has 1 N–H and O–H groups in total. The number of allylic oxidation sites excluding steroid dienone is 1. The molecule has 0 spiro atoms. The minimum absolute atomic E-state index is 0.698. The number of benzene rings is 1. The van der Waals surface area contributed by atoms with Gasteiger partial charge in [-0.05, 0) is 50.6 Å². The first-order valence-electron chi connectivity index (χ1n) is 9.78. The number of rotatable bonds is 8. The number of aromatic nitrogens is 1. The normalized spacial score (nSPS) is 15.7. The van der Waals surface area contributed by atoms with E-state index >= 15 is 0 Å². The largest absolute Gasteiger partial charge is 0.493 e. The van der Waals surface area contributed by atoms with Gasteiger partial charge in [0.25, 0.3) is 0 Å². The van der Waals surface area contributed by atoms with Gasteiger partial charge in [0, 0.05) is 42.2 Å². The topological polar surface area (TPSA) is 46.6 Å². The third kappa shape index (κ3) is 4.25. The van der Waals surface area contributed by atoms with Gasteiger partial charge >= 0.3 is 0 Å². The van der Waals surface area contributed by atoms with Crippen molar-refractivity contribution in [3.05, 3.63) is 47.8 Å². The number of nitrogens with zero attached hydrogens (tertiary/aromatic N) is 2. The van der Waals surface area contributed by atoms with E-state index in [0.29, 0.717) is 6.61 Å². The molecule has 1 aliphatic heterocycles. The average molecular weight is 365 g/mol. The van der Waals surface area contributed by atoms with Crippen molar-refractivity contribution in [3.63, 3.8) is 0 Å². The molecular weight excluding hydrogens is 338 g/mol. The highest BCUT2D eigenvalue weighted by Gasteiger charge is 2.13. The Bertz CT molecular complexity index is 813. The second-order valence-corrected chi connectivity index (χ2v) is 7.07. The van der Waals surface area contributed by atoms with Gasteiger partial charge in [0.05, 0.1) is 19.4 Å². The number of anilines is 2. The van der Waals surface area contributed by atoms with Crippen LogP contribution in [0.2, 0.25) is 0 Å². The van der Waals surface area contributed by atoms with Crippen LogP contribution < -0.4 is 14.8 Å². The molecule has 0 bridgehead atoms. The molecule has 1 aromatic heterocycles. The van der Waals surface area contributed by atoms with Crippen LogP contribution in [0.15, 0.2) is 36.5 Å². The molecule has 2 heterocycles. The molecule has 1 aliphatic carbocycles. The van der Waals surface area contributed by atoms with E-state index < -0.39 is 0 Å². The van der Waals surface area contributed by atoms with E-state index in [4.69, 9.17) is 9.47 Å². The lowest BCUT2D eigenvalue weighted by atomic mass is 10.2. The summed E-state index contributed by atoms with van der Waals surface area (Å²) in [5, 5.41) is 3.50. The molecule has 1 saturated heterocycles. The van der Waals surface area contributed by atoms with E-state index in [1.54, 1.807) is 7.11 Å². The molecule has 0 atom stereocenters. The molecule has 5 heteroatoms. The first kappa shape index (κ1) is 17.9. The van der Waals surface area contributed by atoms with Crippen molar-refractivity contribution in [1.82, 2.24) is 9.88 Å². The number of nitrogens with one attached hydrogen (secondary N) is 1. The van der Waals surface area contributed by atoms with E-state index in [2.05, 4.69) is 27.4 Å². The Kier molecular flexibility index (Phi) is 5.58. The van der Waals surface area contributed by atoms with E-state index in [9.17, 15) is 0 Å². The number of hydrogen-bond acceptors (Lipinski definition) is 5. The van der Waals surface area contributed by atoms with Gasteiger partial charge in [-0.1, -0.05) is 12.2 Å². The number of fused-ring (bicyclic) bond motifs is 1. The minimum atomic E-state index is 0.698. The molecule has 2 aliphatic rings. The molecule has 0 amide bonds. The maximum absolute atomic E-state index is 6.04. The smallest absolute Gasteiger partial charge is 0.163 e. The lowest BCUT2D eigenvalue weighted by Gasteiger charge is -2.16. The van der Waals surface area contributed by atoms with Crippen LogP contribution in [0.1, 0.15) is 30.5 Å². The summed E-state index contributed by atoms with van der Waals surface area (Å²) in [6.45, 7) is 4.26. The van der Waals surface area contributed by atoms with E-state index in [-0.39, 0.29) is 0 Å². The zero-order valence-corrected chi connectivity index (χ0v) is 15.9. The Morgan fingerprint density at radius 1 is 1.15 bits per heavy atom. The molecule has 2 aromatic rings. The Balaban J connectivity index is 1.41. The zero-order valence-electron chi connectivity index (χ0n) is 15.9. The van der Waals surface area contributed by atoms with E-state index in [0.717, 1.165) is 48.0 Å². The number of hydrogen-bond donors (Lipinski definition) is 1. The van der Waals surface area contributed by atoms with Crippen LogP contribution in [0, 0.1) is 0 Å². The summed E-state index contributed by atoms with van der Waals surface area (Å²) < 4.78 is 11.5. The van der Waals surface area contributed by atoms with Gasteiger partial charge in [-0.3, -0.25) is 4.98 Å². The van der Waals surface area contributed by atoms with Gasteiger partial charge in [-0.25, -0.2) is 0 Å². The molecule has 1 fully saturated rings. The summed E-state index contributed by atoms with van der Waals surface area (Å²) in [6, 6.07) is 7.99. The predicted molar refractivity (Wildman–Crippen MR) is 109 cm³/mol. The fourth-order valence-electron chi connectivity index (χ4n) is 3.76. The maximum Gasteiger partial charge on any atom is 0.163 e. The first-order chi connectivity index (χ1) is 13.3. The average Bonchev–Trinajstić information content (AvgIpc) is 3.37. The molecule has 0 unspecified atom stereocenters.